The first-order valence-electron chi connectivity index (χ1n) is 4.70. The van der Waals surface area contributed by atoms with Crippen LogP contribution in [0.1, 0.15) is 26.2 Å². The van der Waals surface area contributed by atoms with Gasteiger partial charge >= 0.3 is 0 Å². The van der Waals surface area contributed by atoms with E-state index in [0.29, 0.717) is 13.0 Å². The molecule has 0 saturated heterocycles. The molecule has 0 amide bonds. The topological polar surface area (TPSA) is 52.0 Å². The Morgan fingerprint density at radius 2 is 2.29 bits per heavy atom. The smallest absolute Gasteiger partial charge is 0.253 e. The fourth-order valence-electron chi connectivity index (χ4n) is 1.20. The summed E-state index contributed by atoms with van der Waals surface area (Å²) in [5.41, 5.74) is -0.0391. The lowest BCUT2D eigenvalue weighted by Crippen LogP contribution is -2.18. The van der Waals surface area contributed by atoms with Crippen molar-refractivity contribution in [2.75, 3.05) is 0 Å². The first-order chi connectivity index (χ1) is 6.70. The first-order valence-corrected chi connectivity index (χ1v) is 4.70. The van der Waals surface area contributed by atoms with Crippen LogP contribution in [0.5, 0.6) is 0 Å². The van der Waals surface area contributed by atoms with Crippen molar-refractivity contribution in [3.05, 3.63) is 28.9 Å². The maximum atomic E-state index is 11.2. The fourth-order valence-corrected chi connectivity index (χ4v) is 1.20. The SMILES string of the molecule is CC(=O)CCCCn1cnccc1=O. The van der Waals surface area contributed by atoms with Crippen molar-refractivity contribution in [1.29, 1.82) is 0 Å². The third-order valence-corrected chi connectivity index (χ3v) is 1.97. The molecule has 0 saturated carbocycles. The molecule has 0 aromatic carbocycles. The molecule has 4 heteroatoms. The molecule has 0 radical (unpaired) electrons. The molecule has 14 heavy (non-hydrogen) atoms. The number of nitrogens with zero attached hydrogens (tertiary/aromatic N) is 2. The summed E-state index contributed by atoms with van der Waals surface area (Å²) in [5, 5.41) is 0. The van der Waals surface area contributed by atoms with Gasteiger partial charge in [0.05, 0.1) is 6.33 Å². The summed E-state index contributed by atoms with van der Waals surface area (Å²) in [7, 11) is 0. The van der Waals surface area contributed by atoms with Crippen LogP contribution in [-0.2, 0) is 11.3 Å². The van der Waals surface area contributed by atoms with Gasteiger partial charge in [0.25, 0.3) is 5.56 Å². The summed E-state index contributed by atoms with van der Waals surface area (Å²) in [4.78, 5) is 25.7. The Kier molecular flexibility index (Phi) is 4.04. The number of unbranched alkanes of at least 4 members (excludes halogenated alkanes) is 1. The van der Waals surface area contributed by atoms with Crippen molar-refractivity contribution in [1.82, 2.24) is 9.55 Å². The zero-order valence-electron chi connectivity index (χ0n) is 8.27. The van der Waals surface area contributed by atoms with Crippen LogP contribution in [-0.4, -0.2) is 15.3 Å². The van der Waals surface area contributed by atoms with Gasteiger partial charge in [-0.3, -0.25) is 9.36 Å². The van der Waals surface area contributed by atoms with Crippen LogP contribution in [0.2, 0.25) is 0 Å². The summed E-state index contributed by atoms with van der Waals surface area (Å²) in [6.07, 6.45) is 5.27. The molecule has 0 atom stereocenters. The minimum atomic E-state index is -0.0391. The van der Waals surface area contributed by atoms with Crippen molar-refractivity contribution >= 4 is 5.78 Å². The zero-order chi connectivity index (χ0) is 10.4. The Morgan fingerprint density at radius 3 is 2.93 bits per heavy atom. The highest BCUT2D eigenvalue weighted by Gasteiger charge is 1.96. The number of aromatic nitrogens is 2. The van der Waals surface area contributed by atoms with Crippen molar-refractivity contribution < 1.29 is 4.79 Å². The van der Waals surface area contributed by atoms with E-state index in [2.05, 4.69) is 4.98 Å². The molecular weight excluding hydrogens is 180 g/mol. The van der Waals surface area contributed by atoms with Gasteiger partial charge in [-0.2, -0.15) is 0 Å². The number of carbonyl (C=O) groups is 1. The molecule has 0 unspecified atom stereocenters. The molecule has 0 aliphatic heterocycles. The van der Waals surface area contributed by atoms with Crippen molar-refractivity contribution in [3.8, 4) is 0 Å². The van der Waals surface area contributed by atoms with E-state index >= 15 is 0 Å². The van der Waals surface area contributed by atoms with E-state index in [1.165, 1.54) is 18.6 Å². The zero-order valence-corrected chi connectivity index (χ0v) is 8.27. The molecule has 0 bridgehead atoms. The third kappa shape index (κ3) is 3.51. The largest absolute Gasteiger partial charge is 0.300 e. The molecule has 0 aliphatic carbocycles. The van der Waals surface area contributed by atoms with Gasteiger partial charge in [-0.25, -0.2) is 4.98 Å². The molecule has 1 heterocycles. The van der Waals surface area contributed by atoms with Gasteiger partial charge in [0, 0.05) is 25.2 Å². The Morgan fingerprint density at radius 1 is 1.50 bits per heavy atom. The maximum absolute atomic E-state index is 11.2. The lowest BCUT2D eigenvalue weighted by atomic mass is 10.2. The molecule has 1 rings (SSSR count). The molecule has 0 N–H and O–H groups in total. The minimum Gasteiger partial charge on any atom is -0.300 e. The Bertz CT molecular complexity index is 357. The second-order valence-electron chi connectivity index (χ2n) is 3.27. The quantitative estimate of drug-likeness (QED) is 0.657. The van der Waals surface area contributed by atoms with E-state index in [0.717, 1.165) is 12.8 Å². The highest BCUT2D eigenvalue weighted by molar-refractivity contribution is 5.75. The summed E-state index contributed by atoms with van der Waals surface area (Å²) in [5.74, 6) is 0.198. The van der Waals surface area contributed by atoms with E-state index in [-0.39, 0.29) is 11.3 Å². The van der Waals surface area contributed by atoms with Crippen LogP contribution >= 0.6 is 0 Å². The van der Waals surface area contributed by atoms with Gasteiger partial charge in [-0.1, -0.05) is 0 Å². The van der Waals surface area contributed by atoms with Gasteiger partial charge in [-0.15, -0.1) is 0 Å². The summed E-state index contributed by atoms with van der Waals surface area (Å²) in [6.45, 7) is 2.22. The number of hydrogen-bond donors (Lipinski definition) is 0. The molecule has 4 nitrogen and oxygen atoms in total. The Labute approximate surface area is 82.6 Å². The van der Waals surface area contributed by atoms with Gasteiger partial charge in [-0.05, 0) is 19.8 Å². The van der Waals surface area contributed by atoms with Crippen LogP contribution in [0.15, 0.2) is 23.4 Å². The van der Waals surface area contributed by atoms with Crippen molar-refractivity contribution in [2.45, 2.75) is 32.7 Å². The number of ketones is 1. The maximum Gasteiger partial charge on any atom is 0.253 e. The second-order valence-corrected chi connectivity index (χ2v) is 3.27. The monoisotopic (exact) mass is 194 g/mol. The third-order valence-electron chi connectivity index (χ3n) is 1.97. The van der Waals surface area contributed by atoms with E-state index < -0.39 is 0 Å². The highest BCUT2D eigenvalue weighted by Crippen LogP contribution is 1.97. The van der Waals surface area contributed by atoms with E-state index in [1.807, 2.05) is 0 Å². The number of rotatable bonds is 5. The van der Waals surface area contributed by atoms with E-state index in [1.54, 1.807) is 11.5 Å². The lowest BCUT2D eigenvalue weighted by molar-refractivity contribution is -0.117. The molecule has 1 aromatic rings. The van der Waals surface area contributed by atoms with Gasteiger partial charge in [0.2, 0.25) is 0 Å². The average Bonchev–Trinajstić information content (AvgIpc) is 2.15. The van der Waals surface area contributed by atoms with Crippen LogP contribution in [0.3, 0.4) is 0 Å². The van der Waals surface area contributed by atoms with Crippen LogP contribution in [0, 0.1) is 0 Å². The summed E-state index contributed by atoms with van der Waals surface area (Å²) >= 11 is 0. The molecule has 1 aromatic heterocycles. The predicted molar refractivity (Wildman–Crippen MR) is 53.0 cm³/mol. The van der Waals surface area contributed by atoms with Crippen LogP contribution < -0.4 is 5.56 Å². The Balaban J connectivity index is 2.35. The Hall–Kier alpha value is -1.45. The van der Waals surface area contributed by atoms with Crippen molar-refractivity contribution in [3.63, 3.8) is 0 Å². The molecule has 0 spiro atoms. The molecule has 0 fully saturated rings. The minimum absolute atomic E-state index is 0.0391. The van der Waals surface area contributed by atoms with Crippen LogP contribution in [0.4, 0.5) is 0 Å². The predicted octanol–water partition coefficient (Wildman–Crippen LogP) is 1.00. The van der Waals surface area contributed by atoms with Gasteiger partial charge in [0.15, 0.2) is 0 Å². The standard InChI is InChI=1S/C10H14N2O2/c1-9(13)4-2-3-7-12-8-11-6-5-10(12)14/h5-6,8H,2-4,7H2,1H3. The summed E-state index contributed by atoms with van der Waals surface area (Å²) < 4.78 is 1.56. The average molecular weight is 194 g/mol. The van der Waals surface area contributed by atoms with E-state index in [9.17, 15) is 9.59 Å². The number of hydrogen-bond acceptors (Lipinski definition) is 3. The van der Waals surface area contributed by atoms with Crippen LogP contribution in [0.25, 0.3) is 0 Å². The normalized spacial score (nSPS) is 10.1. The summed E-state index contributed by atoms with van der Waals surface area (Å²) in [6, 6.07) is 1.44. The number of aryl methyl sites for hydroxylation is 1. The number of Topliss-reactive ketones (excluding diaryl/α,β-unsaturated/α-hetero) is 1. The second kappa shape index (κ2) is 5.32. The van der Waals surface area contributed by atoms with E-state index in [4.69, 9.17) is 0 Å². The molecule has 0 aliphatic rings. The van der Waals surface area contributed by atoms with Gasteiger partial charge in [0.1, 0.15) is 5.78 Å². The van der Waals surface area contributed by atoms with Crippen molar-refractivity contribution in [2.24, 2.45) is 0 Å². The highest BCUT2D eigenvalue weighted by atomic mass is 16.1. The first kappa shape index (κ1) is 10.6. The number of carbonyl (C=O) groups excluding carboxylic acids is 1. The lowest BCUT2D eigenvalue weighted by Gasteiger charge is -2.02. The molecular formula is C10H14N2O2. The van der Waals surface area contributed by atoms with Gasteiger partial charge < -0.3 is 4.79 Å². The molecule has 76 valence electrons. The fraction of sp³-hybridized carbons (Fsp3) is 0.500.